The lowest BCUT2D eigenvalue weighted by atomic mass is 9.99. The summed E-state index contributed by atoms with van der Waals surface area (Å²) >= 11 is 3.27. The summed E-state index contributed by atoms with van der Waals surface area (Å²) in [7, 11) is 0. The van der Waals surface area contributed by atoms with Gasteiger partial charge < -0.3 is 14.5 Å². The number of halogens is 1. The van der Waals surface area contributed by atoms with Crippen molar-refractivity contribution in [2.24, 2.45) is 5.92 Å². The summed E-state index contributed by atoms with van der Waals surface area (Å²) < 4.78 is 11.7. The van der Waals surface area contributed by atoms with Gasteiger partial charge in [0.2, 0.25) is 0 Å². The van der Waals surface area contributed by atoms with Crippen molar-refractivity contribution in [3.63, 3.8) is 0 Å². The smallest absolute Gasteiger partial charge is 0.169 e. The normalized spacial score (nSPS) is 18.2. The van der Waals surface area contributed by atoms with Gasteiger partial charge in [0.15, 0.2) is 4.67 Å². The average molecular weight is 274 g/mol. The molecule has 4 heteroatoms. The van der Waals surface area contributed by atoms with Crippen molar-refractivity contribution < 1.29 is 9.15 Å². The van der Waals surface area contributed by atoms with Gasteiger partial charge in [-0.3, -0.25) is 0 Å². The molecular weight excluding hydrogens is 258 g/mol. The summed E-state index contributed by atoms with van der Waals surface area (Å²) in [5.41, 5.74) is 0. The van der Waals surface area contributed by atoms with Crippen LogP contribution in [0.1, 0.15) is 18.6 Å². The average Bonchev–Trinajstić information content (AvgIpc) is 2.66. The molecular formula is C11H16BrNO2. The third-order valence-corrected chi connectivity index (χ3v) is 3.11. The van der Waals surface area contributed by atoms with E-state index in [9.17, 15) is 0 Å². The molecule has 15 heavy (non-hydrogen) atoms. The van der Waals surface area contributed by atoms with Crippen LogP contribution in [0.2, 0.25) is 0 Å². The molecule has 2 rings (SSSR count). The summed E-state index contributed by atoms with van der Waals surface area (Å²) in [5, 5.41) is 3.35. The van der Waals surface area contributed by atoms with Crippen molar-refractivity contribution in [3.05, 3.63) is 22.6 Å². The Balaban J connectivity index is 1.65. The van der Waals surface area contributed by atoms with Gasteiger partial charge in [-0.25, -0.2) is 0 Å². The van der Waals surface area contributed by atoms with Gasteiger partial charge in [0.05, 0.1) is 6.61 Å². The molecule has 3 nitrogen and oxygen atoms in total. The van der Waals surface area contributed by atoms with Gasteiger partial charge in [0, 0.05) is 0 Å². The third kappa shape index (κ3) is 3.63. The van der Waals surface area contributed by atoms with E-state index in [0.29, 0.717) is 12.5 Å². The lowest BCUT2D eigenvalue weighted by Crippen LogP contribution is -2.29. The first-order valence-corrected chi connectivity index (χ1v) is 6.16. The van der Waals surface area contributed by atoms with Gasteiger partial charge >= 0.3 is 0 Å². The molecule has 0 bridgehead atoms. The maximum absolute atomic E-state index is 5.63. The van der Waals surface area contributed by atoms with Crippen LogP contribution in [0.15, 0.2) is 21.2 Å². The Morgan fingerprint density at radius 2 is 2.20 bits per heavy atom. The van der Waals surface area contributed by atoms with Gasteiger partial charge in [-0.05, 0) is 59.9 Å². The largest absolute Gasteiger partial charge is 0.452 e. The Morgan fingerprint density at radius 3 is 2.87 bits per heavy atom. The number of ether oxygens (including phenoxy) is 1. The van der Waals surface area contributed by atoms with Crippen LogP contribution >= 0.6 is 15.9 Å². The summed E-state index contributed by atoms with van der Waals surface area (Å²) in [6.45, 7) is 3.68. The topological polar surface area (TPSA) is 34.4 Å². The van der Waals surface area contributed by atoms with Crippen LogP contribution in [0.5, 0.6) is 0 Å². The maximum Gasteiger partial charge on any atom is 0.169 e. The summed E-state index contributed by atoms with van der Waals surface area (Å²) in [4.78, 5) is 0. The van der Waals surface area contributed by atoms with Crippen molar-refractivity contribution in [2.45, 2.75) is 19.4 Å². The van der Waals surface area contributed by atoms with Crippen LogP contribution in [0.3, 0.4) is 0 Å². The van der Waals surface area contributed by atoms with Gasteiger partial charge in [-0.15, -0.1) is 0 Å². The summed E-state index contributed by atoms with van der Waals surface area (Å²) in [6, 6.07) is 3.83. The van der Waals surface area contributed by atoms with Gasteiger partial charge in [0.25, 0.3) is 0 Å². The van der Waals surface area contributed by atoms with Crippen molar-refractivity contribution in [3.8, 4) is 0 Å². The zero-order valence-corrected chi connectivity index (χ0v) is 10.3. The minimum absolute atomic E-state index is 0.579. The highest BCUT2D eigenvalue weighted by Crippen LogP contribution is 2.16. The Kier molecular flexibility index (Phi) is 4.23. The molecule has 0 unspecified atom stereocenters. The van der Waals surface area contributed by atoms with Crippen LogP contribution in [0.25, 0.3) is 0 Å². The van der Waals surface area contributed by atoms with Crippen LogP contribution in [-0.2, 0) is 11.3 Å². The molecule has 1 aliphatic rings. The monoisotopic (exact) mass is 273 g/mol. The minimum atomic E-state index is 0.579. The van der Waals surface area contributed by atoms with Crippen LogP contribution in [-0.4, -0.2) is 19.7 Å². The molecule has 2 heterocycles. The Bertz CT molecular complexity index is 295. The lowest BCUT2D eigenvalue weighted by Gasteiger charge is -2.21. The van der Waals surface area contributed by atoms with E-state index in [-0.39, 0.29) is 0 Å². The zero-order chi connectivity index (χ0) is 10.5. The molecule has 0 aliphatic carbocycles. The number of hydrogen-bond acceptors (Lipinski definition) is 3. The minimum Gasteiger partial charge on any atom is -0.452 e. The predicted molar refractivity (Wildman–Crippen MR) is 61.7 cm³/mol. The van der Waals surface area contributed by atoms with E-state index in [2.05, 4.69) is 21.2 Å². The fourth-order valence-corrected chi connectivity index (χ4v) is 2.14. The fourth-order valence-electron chi connectivity index (χ4n) is 1.80. The molecule has 0 saturated carbocycles. The highest BCUT2D eigenvalue weighted by molar-refractivity contribution is 9.10. The number of nitrogens with one attached hydrogen (secondary N) is 1. The third-order valence-electron chi connectivity index (χ3n) is 2.69. The molecule has 1 saturated heterocycles. The highest BCUT2D eigenvalue weighted by Gasteiger charge is 2.13. The predicted octanol–water partition coefficient (Wildman–Crippen LogP) is 2.56. The lowest BCUT2D eigenvalue weighted by molar-refractivity contribution is 0.0655. The summed E-state index contributed by atoms with van der Waals surface area (Å²) in [5.74, 6) is 1.60. The van der Waals surface area contributed by atoms with Gasteiger partial charge in [-0.2, -0.15) is 0 Å². The first-order valence-electron chi connectivity index (χ1n) is 5.37. The van der Waals surface area contributed by atoms with Crippen LogP contribution in [0.4, 0.5) is 0 Å². The Morgan fingerprint density at radius 1 is 1.40 bits per heavy atom. The van der Waals surface area contributed by atoms with E-state index in [1.807, 2.05) is 12.1 Å². The zero-order valence-electron chi connectivity index (χ0n) is 8.67. The molecule has 84 valence electrons. The first-order chi connectivity index (χ1) is 7.34. The molecule has 0 radical (unpaired) electrons. The molecule has 0 spiro atoms. The second kappa shape index (κ2) is 5.68. The van der Waals surface area contributed by atoms with E-state index in [4.69, 9.17) is 9.15 Å². The van der Waals surface area contributed by atoms with Gasteiger partial charge in [0.1, 0.15) is 12.4 Å². The van der Waals surface area contributed by atoms with Crippen molar-refractivity contribution in [1.29, 1.82) is 0 Å². The Labute approximate surface area is 98.3 Å². The molecule has 1 N–H and O–H groups in total. The quantitative estimate of drug-likeness (QED) is 0.916. The molecule has 0 atom stereocenters. The molecule has 1 aliphatic heterocycles. The Hall–Kier alpha value is -0.320. The number of rotatable bonds is 4. The molecule has 1 aromatic heterocycles. The van der Waals surface area contributed by atoms with Crippen molar-refractivity contribution in [2.75, 3.05) is 19.7 Å². The number of hydrogen-bond donors (Lipinski definition) is 1. The SMILES string of the molecule is Brc1ccc(COCC2CCNCC2)o1. The van der Waals surface area contributed by atoms with Gasteiger partial charge in [-0.1, -0.05) is 0 Å². The molecule has 0 amide bonds. The van der Waals surface area contributed by atoms with E-state index < -0.39 is 0 Å². The molecule has 1 aromatic rings. The van der Waals surface area contributed by atoms with E-state index in [1.54, 1.807) is 0 Å². The standard InChI is InChI=1S/C11H16BrNO2/c12-11-2-1-10(15-11)8-14-7-9-3-5-13-6-4-9/h1-2,9,13H,3-8H2. The maximum atomic E-state index is 5.63. The number of furan rings is 1. The van der Waals surface area contributed by atoms with Crippen molar-refractivity contribution in [1.82, 2.24) is 5.32 Å². The van der Waals surface area contributed by atoms with Crippen LogP contribution < -0.4 is 5.32 Å². The first kappa shape index (κ1) is 11.2. The van der Waals surface area contributed by atoms with E-state index in [0.717, 1.165) is 30.1 Å². The fraction of sp³-hybridized carbons (Fsp3) is 0.636. The highest BCUT2D eigenvalue weighted by atomic mass is 79.9. The van der Waals surface area contributed by atoms with E-state index >= 15 is 0 Å². The van der Waals surface area contributed by atoms with Crippen LogP contribution in [0, 0.1) is 5.92 Å². The van der Waals surface area contributed by atoms with E-state index in [1.165, 1.54) is 12.8 Å². The second-order valence-electron chi connectivity index (χ2n) is 3.91. The molecule has 0 aromatic carbocycles. The van der Waals surface area contributed by atoms with Crippen molar-refractivity contribution >= 4 is 15.9 Å². The number of piperidine rings is 1. The molecule has 1 fully saturated rings. The summed E-state index contributed by atoms with van der Waals surface area (Å²) in [6.07, 6.45) is 2.45. The second-order valence-corrected chi connectivity index (χ2v) is 4.70.